The van der Waals surface area contributed by atoms with Gasteiger partial charge in [-0.3, -0.25) is 0 Å². The molecule has 0 aromatic carbocycles. The Bertz CT molecular complexity index is 159. The summed E-state index contributed by atoms with van der Waals surface area (Å²) >= 11 is 0. The average molecular weight is 170 g/mol. The molecule has 0 saturated heterocycles. The fraction of sp³-hybridized carbons (Fsp3) is 0.889. The van der Waals surface area contributed by atoms with E-state index in [9.17, 15) is 4.79 Å². The van der Waals surface area contributed by atoms with Crippen LogP contribution in [0.5, 0.6) is 0 Å². The van der Waals surface area contributed by atoms with Crippen LogP contribution in [0.25, 0.3) is 0 Å². The number of urea groups is 1. The molecule has 1 fully saturated rings. The first-order valence-electron chi connectivity index (χ1n) is 4.72. The van der Waals surface area contributed by atoms with Gasteiger partial charge in [-0.15, -0.1) is 0 Å². The molecule has 1 saturated carbocycles. The number of nitrogens with one attached hydrogen (secondary N) is 2. The van der Waals surface area contributed by atoms with Crippen LogP contribution in [-0.4, -0.2) is 19.1 Å². The highest BCUT2D eigenvalue weighted by Gasteiger charge is 2.21. The van der Waals surface area contributed by atoms with Gasteiger partial charge in [-0.05, 0) is 18.8 Å². The van der Waals surface area contributed by atoms with Crippen LogP contribution in [0.2, 0.25) is 0 Å². The minimum absolute atomic E-state index is 0.0475. The second-order valence-electron chi connectivity index (χ2n) is 3.59. The van der Waals surface area contributed by atoms with E-state index >= 15 is 0 Å². The molecule has 0 bridgehead atoms. The molecule has 1 rings (SSSR count). The third-order valence-corrected chi connectivity index (χ3v) is 2.66. The molecule has 1 aliphatic carbocycles. The molecular weight excluding hydrogens is 152 g/mol. The number of amides is 2. The summed E-state index contributed by atoms with van der Waals surface area (Å²) < 4.78 is 0. The molecule has 2 amide bonds. The molecule has 0 radical (unpaired) electrons. The predicted molar refractivity (Wildman–Crippen MR) is 49.0 cm³/mol. The molecule has 0 aliphatic heterocycles. The molecule has 2 N–H and O–H groups in total. The van der Waals surface area contributed by atoms with Gasteiger partial charge in [0.1, 0.15) is 0 Å². The summed E-state index contributed by atoms with van der Waals surface area (Å²) in [5.41, 5.74) is 0. The van der Waals surface area contributed by atoms with Crippen LogP contribution in [0.3, 0.4) is 0 Å². The smallest absolute Gasteiger partial charge is 0.314 e. The maximum Gasteiger partial charge on any atom is 0.314 e. The minimum atomic E-state index is -0.0475. The topological polar surface area (TPSA) is 41.1 Å². The van der Waals surface area contributed by atoms with Crippen molar-refractivity contribution in [3.8, 4) is 0 Å². The van der Waals surface area contributed by atoms with Gasteiger partial charge in [0.2, 0.25) is 0 Å². The first-order valence-corrected chi connectivity index (χ1v) is 4.72. The SMILES string of the molecule is CNC(=O)N[C@@H]1CCCC[C@@H]1C. The monoisotopic (exact) mass is 170 g/mol. The number of carbonyl (C=O) groups is 1. The lowest BCUT2D eigenvalue weighted by molar-refractivity contribution is 0.223. The lowest BCUT2D eigenvalue weighted by atomic mass is 9.86. The third kappa shape index (κ3) is 2.40. The van der Waals surface area contributed by atoms with Gasteiger partial charge >= 0.3 is 6.03 Å². The summed E-state index contributed by atoms with van der Waals surface area (Å²) in [4.78, 5) is 11.0. The Morgan fingerprint density at radius 3 is 2.58 bits per heavy atom. The van der Waals surface area contributed by atoms with Crippen LogP contribution in [0.1, 0.15) is 32.6 Å². The maximum atomic E-state index is 11.0. The predicted octanol–water partition coefficient (Wildman–Crippen LogP) is 1.49. The highest BCUT2D eigenvalue weighted by Crippen LogP contribution is 2.23. The standard InChI is InChI=1S/C9H18N2O/c1-7-5-3-4-6-8(7)11-9(12)10-2/h7-8H,3-6H2,1-2H3,(H2,10,11,12)/t7-,8+/m0/s1. The Labute approximate surface area is 73.9 Å². The Balaban J connectivity index is 2.33. The maximum absolute atomic E-state index is 11.0. The van der Waals surface area contributed by atoms with Gasteiger partial charge in [0.15, 0.2) is 0 Å². The Morgan fingerprint density at radius 1 is 1.33 bits per heavy atom. The molecule has 0 unspecified atom stereocenters. The fourth-order valence-electron chi connectivity index (χ4n) is 1.77. The lowest BCUT2D eigenvalue weighted by Gasteiger charge is -2.29. The van der Waals surface area contributed by atoms with Crippen molar-refractivity contribution in [3.05, 3.63) is 0 Å². The molecule has 0 heterocycles. The van der Waals surface area contributed by atoms with Crippen molar-refractivity contribution in [1.82, 2.24) is 10.6 Å². The van der Waals surface area contributed by atoms with Gasteiger partial charge < -0.3 is 10.6 Å². The highest BCUT2D eigenvalue weighted by molar-refractivity contribution is 5.73. The van der Waals surface area contributed by atoms with Gasteiger partial charge in [0.25, 0.3) is 0 Å². The molecule has 70 valence electrons. The summed E-state index contributed by atoms with van der Waals surface area (Å²) in [5.74, 6) is 0.635. The molecule has 12 heavy (non-hydrogen) atoms. The van der Waals surface area contributed by atoms with E-state index in [1.165, 1.54) is 19.3 Å². The van der Waals surface area contributed by atoms with Crippen molar-refractivity contribution in [2.24, 2.45) is 5.92 Å². The Hall–Kier alpha value is -0.730. The zero-order valence-electron chi connectivity index (χ0n) is 7.89. The van der Waals surface area contributed by atoms with Crippen LogP contribution in [0.4, 0.5) is 4.79 Å². The van der Waals surface area contributed by atoms with Gasteiger partial charge in [0, 0.05) is 13.1 Å². The first kappa shape index (κ1) is 9.36. The van der Waals surface area contributed by atoms with Crippen molar-refractivity contribution >= 4 is 6.03 Å². The van der Waals surface area contributed by atoms with E-state index in [1.54, 1.807) is 7.05 Å². The number of rotatable bonds is 1. The van der Waals surface area contributed by atoms with Crippen molar-refractivity contribution in [2.75, 3.05) is 7.05 Å². The molecule has 0 spiro atoms. The zero-order chi connectivity index (χ0) is 8.97. The van der Waals surface area contributed by atoms with E-state index in [2.05, 4.69) is 17.6 Å². The van der Waals surface area contributed by atoms with Gasteiger partial charge in [-0.1, -0.05) is 19.8 Å². The van der Waals surface area contributed by atoms with E-state index in [-0.39, 0.29) is 6.03 Å². The molecule has 3 heteroatoms. The van der Waals surface area contributed by atoms with E-state index in [1.807, 2.05) is 0 Å². The fourth-order valence-corrected chi connectivity index (χ4v) is 1.77. The van der Waals surface area contributed by atoms with Crippen LogP contribution < -0.4 is 10.6 Å². The largest absolute Gasteiger partial charge is 0.341 e. The molecule has 1 aliphatic rings. The van der Waals surface area contributed by atoms with Crippen LogP contribution in [-0.2, 0) is 0 Å². The van der Waals surface area contributed by atoms with Gasteiger partial charge in [0.05, 0.1) is 0 Å². The second kappa shape index (κ2) is 4.33. The van der Waals surface area contributed by atoms with Crippen LogP contribution in [0.15, 0.2) is 0 Å². The van der Waals surface area contributed by atoms with Crippen LogP contribution >= 0.6 is 0 Å². The Kier molecular flexibility index (Phi) is 3.38. The second-order valence-corrected chi connectivity index (χ2v) is 3.59. The first-order chi connectivity index (χ1) is 5.74. The molecule has 0 aromatic rings. The lowest BCUT2D eigenvalue weighted by Crippen LogP contribution is -2.44. The number of carbonyl (C=O) groups excluding carboxylic acids is 1. The summed E-state index contributed by atoms with van der Waals surface area (Å²) in [6, 6.07) is 0.340. The van der Waals surface area contributed by atoms with Crippen molar-refractivity contribution < 1.29 is 4.79 Å². The molecular formula is C9H18N2O. The zero-order valence-corrected chi connectivity index (χ0v) is 7.89. The van der Waals surface area contributed by atoms with Crippen LogP contribution in [0, 0.1) is 5.92 Å². The molecule has 3 nitrogen and oxygen atoms in total. The van der Waals surface area contributed by atoms with Gasteiger partial charge in [-0.2, -0.15) is 0 Å². The van der Waals surface area contributed by atoms with E-state index < -0.39 is 0 Å². The summed E-state index contributed by atoms with van der Waals surface area (Å²) in [6.07, 6.45) is 4.94. The minimum Gasteiger partial charge on any atom is -0.341 e. The summed E-state index contributed by atoms with van der Waals surface area (Å²) in [5, 5.41) is 5.55. The number of hydrogen-bond donors (Lipinski definition) is 2. The van der Waals surface area contributed by atoms with E-state index in [0.717, 1.165) is 6.42 Å². The molecule has 0 aromatic heterocycles. The van der Waals surface area contributed by atoms with E-state index in [0.29, 0.717) is 12.0 Å². The number of hydrogen-bond acceptors (Lipinski definition) is 1. The Morgan fingerprint density at radius 2 is 2.00 bits per heavy atom. The molecule has 2 atom stereocenters. The van der Waals surface area contributed by atoms with Crippen molar-refractivity contribution in [2.45, 2.75) is 38.6 Å². The summed E-state index contributed by atoms with van der Waals surface area (Å²) in [7, 11) is 1.66. The third-order valence-electron chi connectivity index (χ3n) is 2.66. The average Bonchev–Trinajstić information content (AvgIpc) is 2.09. The highest BCUT2D eigenvalue weighted by atomic mass is 16.2. The normalized spacial score (nSPS) is 29.5. The quantitative estimate of drug-likeness (QED) is 0.615. The van der Waals surface area contributed by atoms with Crippen molar-refractivity contribution in [3.63, 3.8) is 0 Å². The van der Waals surface area contributed by atoms with Crippen molar-refractivity contribution in [1.29, 1.82) is 0 Å². The van der Waals surface area contributed by atoms with Gasteiger partial charge in [-0.25, -0.2) is 4.79 Å². The van der Waals surface area contributed by atoms with E-state index in [4.69, 9.17) is 0 Å². The summed E-state index contributed by atoms with van der Waals surface area (Å²) in [6.45, 7) is 2.21.